The maximum Gasteiger partial charge on any atom is 0.141 e. The second-order valence-electron chi connectivity index (χ2n) is 5.46. The Hall–Kier alpha value is -2.66. The summed E-state index contributed by atoms with van der Waals surface area (Å²) in [5.41, 5.74) is 5.83. The second kappa shape index (κ2) is 6.41. The minimum atomic E-state index is -0.936. The Kier molecular flexibility index (Phi) is 4.58. The average molecular weight is 290 g/mol. The molecule has 2 N–H and O–H groups in total. The number of nitriles is 2. The molecule has 0 bridgehead atoms. The molecule has 4 heteroatoms. The Morgan fingerprint density at radius 3 is 1.27 bits per heavy atom. The number of hydrogen-bond acceptors (Lipinski definition) is 4. The molecule has 0 fully saturated rings. The van der Waals surface area contributed by atoms with E-state index >= 15 is 0 Å². The molecule has 110 valence electrons. The molecule has 22 heavy (non-hydrogen) atoms. The molecule has 0 amide bonds. The van der Waals surface area contributed by atoms with Gasteiger partial charge in [-0.05, 0) is 25.0 Å². The van der Waals surface area contributed by atoms with Crippen molar-refractivity contribution in [1.82, 2.24) is 10.9 Å². The first-order valence-corrected chi connectivity index (χ1v) is 7.02. The normalized spacial score (nSPS) is 15.8. The Bertz CT molecular complexity index is 636. The van der Waals surface area contributed by atoms with Gasteiger partial charge in [0.05, 0.1) is 12.1 Å². The Balaban J connectivity index is 2.23. The molecule has 0 radical (unpaired) electrons. The summed E-state index contributed by atoms with van der Waals surface area (Å²) < 4.78 is 0. The number of hydrogen-bond donors (Lipinski definition) is 2. The first-order chi connectivity index (χ1) is 10.5. The summed E-state index contributed by atoms with van der Waals surface area (Å²) in [6.45, 7) is 3.55. The van der Waals surface area contributed by atoms with Crippen molar-refractivity contribution in [2.75, 3.05) is 0 Å². The predicted octanol–water partition coefficient (Wildman–Crippen LogP) is 2.96. The van der Waals surface area contributed by atoms with Crippen LogP contribution in [0, 0.1) is 22.7 Å². The van der Waals surface area contributed by atoms with Gasteiger partial charge in [0.25, 0.3) is 0 Å². The van der Waals surface area contributed by atoms with Gasteiger partial charge in [-0.1, -0.05) is 60.7 Å². The van der Waals surface area contributed by atoms with Crippen molar-refractivity contribution in [2.24, 2.45) is 0 Å². The van der Waals surface area contributed by atoms with Crippen molar-refractivity contribution in [3.8, 4) is 12.1 Å². The maximum absolute atomic E-state index is 9.54. The lowest BCUT2D eigenvalue weighted by atomic mass is 9.92. The van der Waals surface area contributed by atoms with Gasteiger partial charge >= 0.3 is 0 Å². The molecule has 0 aliphatic rings. The molecule has 4 nitrogen and oxygen atoms in total. The molecule has 0 aliphatic heterocycles. The topological polar surface area (TPSA) is 71.6 Å². The van der Waals surface area contributed by atoms with Crippen LogP contribution < -0.4 is 10.9 Å². The van der Waals surface area contributed by atoms with E-state index in [9.17, 15) is 10.5 Å². The number of rotatable bonds is 5. The van der Waals surface area contributed by atoms with Crippen molar-refractivity contribution in [3.05, 3.63) is 71.8 Å². The second-order valence-corrected chi connectivity index (χ2v) is 5.46. The average Bonchev–Trinajstić information content (AvgIpc) is 2.61. The minimum Gasteiger partial charge on any atom is -0.232 e. The van der Waals surface area contributed by atoms with Crippen LogP contribution in [0.2, 0.25) is 0 Å². The van der Waals surface area contributed by atoms with Crippen molar-refractivity contribution in [3.63, 3.8) is 0 Å². The molecule has 0 aromatic heterocycles. The van der Waals surface area contributed by atoms with Gasteiger partial charge in [0.1, 0.15) is 11.1 Å². The van der Waals surface area contributed by atoms with Gasteiger partial charge in [-0.25, -0.2) is 10.9 Å². The lowest BCUT2D eigenvalue weighted by Crippen LogP contribution is -2.55. The molecule has 2 aromatic rings. The van der Waals surface area contributed by atoms with Crippen LogP contribution in [0.5, 0.6) is 0 Å². The molecule has 0 heterocycles. The quantitative estimate of drug-likeness (QED) is 0.830. The fraction of sp³-hybridized carbons (Fsp3) is 0.222. The van der Waals surface area contributed by atoms with Crippen molar-refractivity contribution >= 4 is 0 Å². The maximum atomic E-state index is 9.54. The lowest BCUT2D eigenvalue weighted by Gasteiger charge is -2.31. The zero-order chi connectivity index (χ0) is 16.1. The van der Waals surface area contributed by atoms with Gasteiger partial charge in [0.2, 0.25) is 0 Å². The highest BCUT2D eigenvalue weighted by Gasteiger charge is 2.32. The molecule has 0 saturated heterocycles. The van der Waals surface area contributed by atoms with Crippen LogP contribution in [0.25, 0.3) is 0 Å². The Morgan fingerprint density at radius 2 is 1.00 bits per heavy atom. The third kappa shape index (κ3) is 3.15. The zero-order valence-electron chi connectivity index (χ0n) is 12.7. The molecular formula is C18H18N4. The van der Waals surface area contributed by atoms with E-state index in [-0.39, 0.29) is 0 Å². The van der Waals surface area contributed by atoms with Gasteiger partial charge in [-0.3, -0.25) is 0 Å². The smallest absolute Gasteiger partial charge is 0.141 e. The van der Waals surface area contributed by atoms with Crippen LogP contribution in [0.1, 0.15) is 25.0 Å². The molecular weight excluding hydrogens is 272 g/mol. The van der Waals surface area contributed by atoms with E-state index in [1.54, 1.807) is 13.8 Å². The van der Waals surface area contributed by atoms with E-state index < -0.39 is 11.1 Å². The first-order valence-electron chi connectivity index (χ1n) is 7.02. The van der Waals surface area contributed by atoms with Crippen LogP contribution in [0.3, 0.4) is 0 Å². The van der Waals surface area contributed by atoms with E-state index in [4.69, 9.17) is 0 Å². The van der Waals surface area contributed by atoms with Gasteiger partial charge in [-0.2, -0.15) is 10.5 Å². The van der Waals surface area contributed by atoms with Crippen molar-refractivity contribution in [1.29, 1.82) is 10.5 Å². The predicted molar refractivity (Wildman–Crippen MR) is 85.1 cm³/mol. The van der Waals surface area contributed by atoms with Gasteiger partial charge < -0.3 is 0 Å². The lowest BCUT2D eigenvalue weighted by molar-refractivity contribution is 0.306. The molecule has 0 spiro atoms. The van der Waals surface area contributed by atoms with E-state index in [1.165, 1.54) is 0 Å². The third-order valence-corrected chi connectivity index (χ3v) is 3.71. The molecule has 2 atom stereocenters. The molecule has 2 rings (SSSR count). The molecule has 2 aromatic carbocycles. The summed E-state index contributed by atoms with van der Waals surface area (Å²) in [7, 11) is 0. The Morgan fingerprint density at radius 1 is 0.682 bits per heavy atom. The highest BCUT2D eigenvalue weighted by Crippen LogP contribution is 2.22. The first kappa shape index (κ1) is 15.7. The van der Waals surface area contributed by atoms with Crippen LogP contribution in [0.4, 0.5) is 0 Å². The number of nitrogens with zero attached hydrogens (tertiary/aromatic N) is 2. The summed E-state index contributed by atoms with van der Waals surface area (Å²) in [5, 5.41) is 19.1. The van der Waals surface area contributed by atoms with Crippen molar-refractivity contribution < 1.29 is 0 Å². The summed E-state index contributed by atoms with van der Waals surface area (Å²) in [6, 6.07) is 23.4. The Labute approximate surface area is 131 Å². The van der Waals surface area contributed by atoms with Crippen LogP contribution >= 0.6 is 0 Å². The highest BCUT2D eigenvalue weighted by molar-refractivity contribution is 5.32. The van der Waals surface area contributed by atoms with Gasteiger partial charge in [0.15, 0.2) is 0 Å². The molecule has 0 aliphatic carbocycles. The van der Waals surface area contributed by atoms with E-state index in [2.05, 4.69) is 23.0 Å². The zero-order valence-corrected chi connectivity index (χ0v) is 12.7. The summed E-state index contributed by atoms with van der Waals surface area (Å²) in [6.07, 6.45) is 0. The number of benzene rings is 2. The standard InChI is InChI=1S/C18H18N4/c1-17(13-19,15-9-5-3-6-10-15)21-22-18(2,14-20)16-11-7-4-8-12-16/h3-12,21-22H,1-2H3. The summed E-state index contributed by atoms with van der Waals surface area (Å²) >= 11 is 0. The third-order valence-electron chi connectivity index (χ3n) is 3.71. The fourth-order valence-electron chi connectivity index (χ4n) is 2.12. The van der Waals surface area contributed by atoms with Gasteiger partial charge in [0, 0.05) is 0 Å². The number of hydrazine groups is 1. The fourth-order valence-corrected chi connectivity index (χ4v) is 2.12. The van der Waals surface area contributed by atoms with E-state index in [0.29, 0.717) is 0 Å². The number of nitrogens with one attached hydrogen (secondary N) is 2. The monoisotopic (exact) mass is 290 g/mol. The van der Waals surface area contributed by atoms with Crippen molar-refractivity contribution in [2.45, 2.75) is 24.9 Å². The summed E-state index contributed by atoms with van der Waals surface area (Å²) in [5.74, 6) is 0. The SMILES string of the molecule is CC(C#N)(NNC(C)(C#N)c1ccccc1)c1ccccc1. The van der Waals surface area contributed by atoms with Crippen LogP contribution in [0.15, 0.2) is 60.7 Å². The van der Waals surface area contributed by atoms with Crippen LogP contribution in [-0.2, 0) is 11.1 Å². The van der Waals surface area contributed by atoms with Crippen LogP contribution in [-0.4, -0.2) is 0 Å². The summed E-state index contributed by atoms with van der Waals surface area (Å²) in [4.78, 5) is 0. The highest BCUT2D eigenvalue weighted by atomic mass is 15.4. The van der Waals surface area contributed by atoms with E-state index in [0.717, 1.165) is 11.1 Å². The van der Waals surface area contributed by atoms with E-state index in [1.807, 2.05) is 60.7 Å². The largest absolute Gasteiger partial charge is 0.232 e. The molecule has 0 saturated carbocycles. The van der Waals surface area contributed by atoms with Gasteiger partial charge in [-0.15, -0.1) is 0 Å². The molecule has 2 unspecified atom stereocenters. The minimum absolute atomic E-state index is 0.832.